The maximum absolute atomic E-state index is 9.18. The predicted molar refractivity (Wildman–Crippen MR) is 109 cm³/mol. The Morgan fingerprint density at radius 3 is 2.78 bits per heavy atom. The Bertz CT molecular complexity index is 1120. The third-order valence-corrected chi connectivity index (χ3v) is 5.76. The number of nitrogens with zero attached hydrogens (tertiary/aromatic N) is 4. The van der Waals surface area contributed by atoms with Crippen molar-refractivity contribution in [2.24, 2.45) is 0 Å². The van der Waals surface area contributed by atoms with Gasteiger partial charge in [-0.3, -0.25) is 0 Å². The van der Waals surface area contributed by atoms with E-state index in [1.807, 2.05) is 24.1 Å². The van der Waals surface area contributed by atoms with E-state index >= 15 is 0 Å². The quantitative estimate of drug-likeness (QED) is 0.519. The Morgan fingerprint density at radius 1 is 1.15 bits per heavy atom. The summed E-state index contributed by atoms with van der Waals surface area (Å²) in [6, 6.07) is 12.4. The molecule has 2 heterocycles. The van der Waals surface area contributed by atoms with Gasteiger partial charge in [0.2, 0.25) is 5.52 Å². The van der Waals surface area contributed by atoms with Crippen molar-refractivity contribution < 1.29 is 14.3 Å². The van der Waals surface area contributed by atoms with E-state index in [2.05, 4.69) is 58.2 Å². The van der Waals surface area contributed by atoms with Gasteiger partial charge in [0.15, 0.2) is 5.52 Å². The third-order valence-electron chi connectivity index (χ3n) is 4.63. The number of para-hydroxylation sites is 1. The van der Waals surface area contributed by atoms with Gasteiger partial charge in [0.25, 0.3) is 5.01 Å². The number of hydrogen-bond acceptors (Lipinski definition) is 6. The second-order valence-electron chi connectivity index (χ2n) is 6.27. The van der Waals surface area contributed by atoms with E-state index in [4.69, 9.17) is 4.63 Å². The maximum atomic E-state index is 9.18. The van der Waals surface area contributed by atoms with Gasteiger partial charge in [-0.05, 0) is 35.4 Å². The summed E-state index contributed by atoms with van der Waals surface area (Å²) >= 11 is 1.77. The highest BCUT2D eigenvalue weighted by molar-refractivity contribution is 7.18. The normalized spacial score (nSPS) is 11.8. The van der Waals surface area contributed by atoms with Gasteiger partial charge in [-0.1, -0.05) is 29.5 Å². The first-order chi connectivity index (χ1) is 13.2. The zero-order valence-corrected chi connectivity index (χ0v) is 16.1. The molecule has 2 aromatic carbocycles. The van der Waals surface area contributed by atoms with Crippen molar-refractivity contribution in [1.82, 2.24) is 10.3 Å². The largest absolute Gasteiger partial charge is 0.395 e. The van der Waals surface area contributed by atoms with Crippen molar-refractivity contribution in [3.63, 3.8) is 0 Å². The molecule has 0 aliphatic rings. The van der Waals surface area contributed by atoms with Crippen LogP contribution in [0.15, 0.2) is 41.0 Å². The number of aromatic nitrogens is 3. The molecule has 0 unspecified atom stereocenters. The lowest BCUT2D eigenvalue weighted by atomic mass is 10.1. The van der Waals surface area contributed by atoms with Gasteiger partial charge in [-0.15, -0.1) is 0 Å². The molecule has 0 fully saturated rings. The standard InChI is InChI=1S/C20H21N4O2S/c1-3-24-15-6-4-5-7-17(15)27-18(24)11-9-14-8-10-16(23(2)12-13-25)20-19(14)21-26-22-20/h4-11,25H,3,12-13H2,1-2H3/q+1. The van der Waals surface area contributed by atoms with Crippen LogP contribution in [0.4, 0.5) is 5.69 Å². The molecule has 4 aromatic rings. The zero-order chi connectivity index (χ0) is 18.8. The van der Waals surface area contributed by atoms with Crippen LogP contribution in [0.5, 0.6) is 0 Å². The minimum absolute atomic E-state index is 0.0773. The molecule has 2 aromatic heterocycles. The third kappa shape index (κ3) is 3.20. The molecule has 6 nitrogen and oxygen atoms in total. The van der Waals surface area contributed by atoms with Gasteiger partial charge >= 0.3 is 0 Å². The van der Waals surface area contributed by atoms with E-state index in [0.29, 0.717) is 12.1 Å². The molecule has 0 amide bonds. The summed E-state index contributed by atoms with van der Waals surface area (Å²) in [6.45, 7) is 3.67. The first-order valence-electron chi connectivity index (χ1n) is 8.89. The lowest BCUT2D eigenvalue weighted by Gasteiger charge is -2.17. The molecule has 0 saturated carbocycles. The van der Waals surface area contributed by atoms with Crippen LogP contribution < -0.4 is 9.47 Å². The fourth-order valence-corrected chi connectivity index (χ4v) is 4.38. The number of thiazole rings is 1. The molecule has 0 radical (unpaired) electrons. The first kappa shape index (κ1) is 17.6. The lowest BCUT2D eigenvalue weighted by Crippen LogP contribution is -2.33. The number of hydrogen-bond donors (Lipinski definition) is 1. The van der Waals surface area contributed by atoms with Gasteiger partial charge in [-0.25, -0.2) is 4.63 Å². The minimum atomic E-state index is 0.0773. The maximum Gasteiger partial charge on any atom is 0.262 e. The topological polar surface area (TPSA) is 66.3 Å². The Morgan fingerprint density at radius 2 is 1.96 bits per heavy atom. The second kappa shape index (κ2) is 7.46. The molecule has 0 atom stereocenters. The molecular weight excluding hydrogens is 360 g/mol. The number of benzene rings is 2. The van der Waals surface area contributed by atoms with Crippen LogP contribution in [0.3, 0.4) is 0 Å². The molecule has 138 valence electrons. The summed E-state index contributed by atoms with van der Waals surface area (Å²) < 4.78 is 8.57. The van der Waals surface area contributed by atoms with Crippen LogP contribution in [0.1, 0.15) is 17.5 Å². The lowest BCUT2D eigenvalue weighted by molar-refractivity contribution is -0.665. The highest BCUT2D eigenvalue weighted by Gasteiger charge is 2.17. The molecule has 0 spiro atoms. The number of likely N-dealkylation sites (N-methyl/N-ethyl adjacent to an activating group) is 1. The summed E-state index contributed by atoms with van der Waals surface area (Å²) in [7, 11) is 1.91. The Kier molecular flexibility index (Phi) is 4.87. The van der Waals surface area contributed by atoms with Crippen molar-refractivity contribution in [2.75, 3.05) is 25.1 Å². The fraction of sp³-hybridized carbons (Fsp3) is 0.250. The predicted octanol–water partition coefficient (Wildman–Crippen LogP) is 3.34. The van der Waals surface area contributed by atoms with E-state index in [-0.39, 0.29) is 6.61 Å². The Labute approximate surface area is 160 Å². The van der Waals surface area contributed by atoms with Crippen LogP contribution in [0, 0.1) is 0 Å². The molecule has 0 saturated heterocycles. The van der Waals surface area contributed by atoms with Crippen LogP contribution >= 0.6 is 11.3 Å². The first-order valence-corrected chi connectivity index (χ1v) is 9.71. The molecule has 0 bridgehead atoms. The number of aliphatic hydroxyl groups excluding tert-OH is 1. The van der Waals surface area contributed by atoms with Crippen molar-refractivity contribution >= 4 is 50.4 Å². The zero-order valence-electron chi connectivity index (χ0n) is 15.3. The van der Waals surface area contributed by atoms with Gasteiger partial charge in [0.05, 0.1) is 12.3 Å². The highest BCUT2D eigenvalue weighted by Crippen LogP contribution is 2.28. The summed E-state index contributed by atoms with van der Waals surface area (Å²) in [6.07, 6.45) is 4.17. The molecule has 4 rings (SSSR count). The summed E-state index contributed by atoms with van der Waals surface area (Å²) in [5.74, 6) is 0. The minimum Gasteiger partial charge on any atom is -0.395 e. The fourth-order valence-electron chi connectivity index (χ4n) is 3.25. The number of fused-ring (bicyclic) bond motifs is 2. The molecule has 0 aliphatic heterocycles. The van der Waals surface area contributed by atoms with E-state index in [0.717, 1.165) is 23.3 Å². The summed E-state index contributed by atoms with van der Waals surface area (Å²) in [4.78, 5) is 1.94. The van der Waals surface area contributed by atoms with Crippen molar-refractivity contribution in [3.8, 4) is 0 Å². The SMILES string of the molecule is CC[n+]1c(/C=C/c2ccc(N(C)CCO)c3nonc23)sc2ccccc21. The average Bonchev–Trinajstić information content (AvgIpc) is 3.30. The number of aliphatic hydroxyl groups is 1. The molecular formula is C20H21N4O2S+. The van der Waals surface area contributed by atoms with Crippen LogP contribution in [-0.2, 0) is 6.54 Å². The number of aryl methyl sites for hydroxylation is 1. The average molecular weight is 381 g/mol. The van der Waals surface area contributed by atoms with Crippen molar-refractivity contribution in [1.29, 1.82) is 0 Å². The van der Waals surface area contributed by atoms with E-state index < -0.39 is 0 Å². The molecule has 27 heavy (non-hydrogen) atoms. The van der Waals surface area contributed by atoms with Gasteiger partial charge in [0.1, 0.15) is 16.8 Å². The monoisotopic (exact) mass is 381 g/mol. The van der Waals surface area contributed by atoms with E-state index in [1.54, 1.807) is 11.3 Å². The second-order valence-corrected chi connectivity index (χ2v) is 7.33. The molecule has 7 heteroatoms. The van der Waals surface area contributed by atoms with E-state index in [1.165, 1.54) is 15.2 Å². The molecule has 0 aliphatic carbocycles. The van der Waals surface area contributed by atoms with Gasteiger partial charge in [-0.2, -0.15) is 4.57 Å². The number of anilines is 1. The van der Waals surface area contributed by atoms with Gasteiger partial charge in [0, 0.05) is 31.3 Å². The van der Waals surface area contributed by atoms with Crippen molar-refractivity contribution in [2.45, 2.75) is 13.5 Å². The molecule has 1 N–H and O–H groups in total. The summed E-state index contributed by atoms with van der Waals surface area (Å²) in [5, 5.41) is 18.5. The van der Waals surface area contributed by atoms with Crippen LogP contribution in [0.2, 0.25) is 0 Å². The van der Waals surface area contributed by atoms with E-state index in [9.17, 15) is 5.11 Å². The number of rotatable bonds is 6. The Balaban J connectivity index is 1.74. The van der Waals surface area contributed by atoms with Crippen LogP contribution in [-0.4, -0.2) is 35.6 Å². The van der Waals surface area contributed by atoms with Gasteiger partial charge < -0.3 is 10.0 Å². The summed E-state index contributed by atoms with van der Waals surface area (Å²) in [5.41, 5.74) is 4.51. The Hall–Kier alpha value is -2.77. The smallest absolute Gasteiger partial charge is 0.262 e. The van der Waals surface area contributed by atoms with Crippen molar-refractivity contribution in [3.05, 3.63) is 47.0 Å². The highest BCUT2D eigenvalue weighted by atomic mass is 32.1. The van der Waals surface area contributed by atoms with Crippen LogP contribution in [0.25, 0.3) is 33.4 Å².